The smallest absolute Gasteiger partial charge is 0.308 e. The van der Waals surface area contributed by atoms with Gasteiger partial charge in [0.1, 0.15) is 0 Å². The summed E-state index contributed by atoms with van der Waals surface area (Å²) in [4.78, 5) is 0. The molecule has 4 heteroatoms. The molecule has 0 aromatic heterocycles. The van der Waals surface area contributed by atoms with Gasteiger partial charge in [-0.3, -0.25) is 4.57 Å². The fourth-order valence-electron chi connectivity index (χ4n) is 2.04. The third kappa shape index (κ3) is 4.61. The third-order valence-corrected chi connectivity index (χ3v) is 5.38. The van der Waals surface area contributed by atoms with Crippen LogP contribution >= 0.6 is 7.60 Å². The van der Waals surface area contributed by atoms with Crippen molar-refractivity contribution in [2.75, 3.05) is 13.2 Å². The molecule has 0 radical (unpaired) electrons. The SMILES string of the molecule is C=CCC[C@H](c1ccccc1)P(=O)(OCC)OCC. The summed E-state index contributed by atoms with van der Waals surface area (Å²) in [6.07, 6.45) is 3.33. The monoisotopic (exact) mass is 282 g/mol. The molecule has 0 N–H and O–H groups in total. The summed E-state index contributed by atoms with van der Waals surface area (Å²) in [6, 6.07) is 9.77. The molecule has 0 aliphatic carbocycles. The lowest BCUT2D eigenvalue weighted by Gasteiger charge is -2.26. The Labute approximate surface area is 116 Å². The summed E-state index contributed by atoms with van der Waals surface area (Å²) in [5.74, 6) is 0. The molecule has 1 rings (SSSR count). The van der Waals surface area contributed by atoms with Gasteiger partial charge in [-0.1, -0.05) is 36.4 Å². The van der Waals surface area contributed by atoms with Crippen molar-refractivity contribution >= 4 is 7.60 Å². The van der Waals surface area contributed by atoms with Crippen molar-refractivity contribution in [3.8, 4) is 0 Å². The van der Waals surface area contributed by atoms with Gasteiger partial charge in [-0.05, 0) is 32.3 Å². The summed E-state index contributed by atoms with van der Waals surface area (Å²) < 4.78 is 23.9. The highest BCUT2D eigenvalue weighted by atomic mass is 31.2. The number of benzene rings is 1. The van der Waals surface area contributed by atoms with E-state index in [-0.39, 0.29) is 5.66 Å². The van der Waals surface area contributed by atoms with E-state index in [1.807, 2.05) is 50.3 Å². The van der Waals surface area contributed by atoms with Crippen LogP contribution in [0.4, 0.5) is 0 Å². The van der Waals surface area contributed by atoms with E-state index in [0.717, 1.165) is 12.0 Å². The van der Waals surface area contributed by atoms with E-state index < -0.39 is 7.60 Å². The third-order valence-electron chi connectivity index (χ3n) is 2.83. The maximum Gasteiger partial charge on any atom is 0.338 e. The fraction of sp³-hybridized carbons (Fsp3) is 0.467. The zero-order chi connectivity index (χ0) is 14.1. The minimum Gasteiger partial charge on any atom is -0.308 e. The van der Waals surface area contributed by atoms with Crippen LogP contribution in [0, 0.1) is 0 Å². The maximum atomic E-state index is 12.9. The summed E-state index contributed by atoms with van der Waals surface area (Å²) in [6.45, 7) is 8.17. The molecule has 0 fully saturated rings. The van der Waals surface area contributed by atoms with Gasteiger partial charge in [-0.15, -0.1) is 6.58 Å². The van der Waals surface area contributed by atoms with Gasteiger partial charge in [0, 0.05) is 0 Å². The Kier molecular flexibility index (Phi) is 7.07. The van der Waals surface area contributed by atoms with Gasteiger partial charge in [0.2, 0.25) is 0 Å². The summed E-state index contributed by atoms with van der Waals surface area (Å²) in [7, 11) is -3.13. The Morgan fingerprint density at radius 2 is 1.79 bits per heavy atom. The fourth-order valence-corrected chi connectivity index (χ4v) is 4.19. The molecule has 0 aliphatic heterocycles. The Bertz CT molecular complexity index is 407. The zero-order valence-electron chi connectivity index (χ0n) is 11.7. The molecule has 0 aliphatic rings. The predicted molar refractivity (Wildman–Crippen MR) is 79.5 cm³/mol. The Hall–Kier alpha value is -0.890. The minimum absolute atomic E-state index is 0.230. The first-order chi connectivity index (χ1) is 9.18. The lowest BCUT2D eigenvalue weighted by atomic mass is 10.1. The molecule has 0 unspecified atom stereocenters. The van der Waals surface area contributed by atoms with Crippen LogP contribution < -0.4 is 0 Å². The number of allylic oxidation sites excluding steroid dienone is 1. The van der Waals surface area contributed by atoms with Crippen LogP contribution in [0.1, 0.15) is 37.9 Å². The van der Waals surface area contributed by atoms with Crippen molar-refractivity contribution in [3.63, 3.8) is 0 Å². The van der Waals surface area contributed by atoms with Gasteiger partial charge in [0.25, 0.3) is 0 Å². The lowest BCUT2D eigenvalue weighted by molar-refractivity contribution is 0.211. The molecule has 106 valence electrons. The maximum absolute atomic E-state index is 12.9. The standard InChI is InChI=1S/C15H23O3P/c1-4-7-13-15(14-11-9-8-10-12-14)19(16,17-5-2)18-6-3/h4,8-12,15H,1,5-7,13H2,2-3H3/t15-/m1/s1. The van der Waals surface area contributed by atoms with E-state index in [9.17, 15) is 4.57 Å². The van der Waals surface area contributed by atoms with E-state index in [1.54, 1.807) is 0 Å². The topological polar surface area (TPSA) is 35.5 Å². The van der Waals surface area contributed by atoms with Crippen molar-refractivity contribution in [1.29, 1.82) is 0 Å². The summed E-state index contributed by atoms with van der Waals surface area (Å²) in [5, 5.41) is 0. The number of rotatable bonds is 9. The quantitative estimate of drug-likeness (QED) is 0.474. The molecular formula is C15H23O3P. The first kappa shape index (κ1) is 16.2. The van der Waals surface area contributed by atoms with Crippen molar-refractivity contribution in [3.05, 3.63) is 48.6 Å². The second-order valence-corrected chi connectivity index (χ2v) is 6.39. The molecule has 0 saturated carbocycles. The van der Waals surface area contributed by atoms with E-state index in [1.165, 1.54) is 0 Å². The van der Waals surface area contributed by atoms with Crippen LogP contribution in [0.2, 0.25) is 0 Å². The van der Waals surface area contributed by atoms with E-state index in [0.29, 0.717) is 19.6 Å². The van der Waals surface area contributed by atoms with E-state index in [4.69, 9.17) is 9.05 Å². The molecule has 1 aromatic rings. The van der Waals surface area contributed by atoms with Crippen LogP contribution in [0.3, 0.4) is 0 Å². The Morgan fingerprint density at radius 1 is 1.21 bits per heavy atom. The highest BCUT2D eigenvalue weighted by molar-refractivity contribution is 7.54. The Morgan fingerprint density at radius 3 is 2.26 bits per heavy atom. The largest absolute Gasteiger partial charge is 0.338 e. The van der Waals surface area contributed by atoms with Crippen LogP contribution in [0.5, 0.6) is 0 Å². The molecule has 0 spiro atoms. The zero-order valence-corrected chi connectivity index (χ0v) is 12.6. The normalized spacial score (nSPS) is 13.2. The van der Waals surface area contributed by atoms with Crippen LogP contribution in [-0.2, 0) is 13.6 Å². The molecule has 19 heavy (non-hydrogen) atoms. The predicted octanol–water partition coefficient (Wildman–Crippen LogP) is 4.96. The second kappa shape index (κ2) is 8.31. The first-order valence-electron chi connectivity index (χ1n) is 6.72. The molecule has 0 bridgehead atoms. The van der Waals surface area contributed by atoms with Gasteiger partial charge in [-0.2, -0.15) is 0 Å². The van der Waals surface area contributed by atoms with Crippen molar-refractivity contribution < 1.29 is 13.6 Å². The van der Waals surface area contributed by atoms with Gasteiger partial charge in [0.05, 0.1) is 18.9 Å². The summed E-state index contributed by atoms with van der Waals surface area (Å²) >= 11 is 0. The molecule has 1 aromatic carbocycles. The first-order valence-corrected chi connectivity index (χ1v) is 8.33. The highest BCUT2D eigenvalue weighted by Crippen LogP contribution is 2.62. The van der Waals surface area contributed by atoms with Crippen molar-refractivity contribution in [2.45, 2.75) is 32.3 Å². The number of hydrogen-bond acceptors (Lipinski definition) is 3. The van der Waals surface area contributed by atoms with Crippen LogP contribution in [-0.4, -0.2) is 13.2 Å². The van der Waals surface area contributed by atoms with Crippen molar-refractivity contribution in [1.82, 2.24) is 0 Å². The highest BCUT2D eigenvalue weighted by Gasteiger charge is 2.35. The second-order valence-electron chi connectivity index (χ2n) is 4.17. The molecule has 0 saturated heterocycles. The van der Waals surface area contributed by atoms with E-state index >= 15 is 0 Å². The lowest BCUT2D eigenvalue weighted by Crippen LogP contribution is -2.07. The summed E-state index contributed by atoms with van der Waals surface area (Å²) in [5.41, 5.74) is 0.765. The molecule has 0 heterocycles. The molecule has 0 amide bonds. The number of hydrogen-bond donors (Lipinski definition) is 0. The average Bonchev–Trinajstić information content (AvgIpc) is 2.41. The molecule has 1 atom stereocenters. The van der Waals surface area contributed by atoms with Gasteiger partial charge < -0.3 is 9.05 Å². The van der Waals surface area contributed by atoms with Crippen molar-refractivity contribution in [2.24, 2.45) is 0 Å². The van der Waals surface area contributed by atoms with Crippen LogP contribution in [0.25, 0.3) is 0 Å². The van der Waals surface area contributed by atoms with Gasteiger partial charge in [0.15, 0.2) is 0 Å². The molecular weight excluding hydrogens is 259 g/mol. The molecule has 3 nitrogen and oxygen atoms in total. The average molecular weight is 282 g/mol. The Balaban J connectivity index is 3.06. The van der Waals surface area contributed by atoms with E-state index in [2.05, 4.69) is 6.58 Å². The van der Waals surface area contributed by atoms with Crippen LogP contribution in [0.15, 0.2) is 43.0 Å². The van der Waals surface area contributed by atoms with Gasteiger partial charge in [-0.25, -0.2) is 0 Å². The van der Waals surface area contributed by atoms with Gasteiger partial charge >= 0.3 is 7.60 Å². The minimum atomic E-state index is -3.13.